The average molecular weight is 425 g/mol. The summed E-state index contributed by atoms with van der Waals surface area (Å²) in [5, 5.41) is 8.82. The molecule has 1 heterocycles. The summed E-state index contributed by atoms with van der Waals surface area (Å²) in [5.74, 6) is 1.68. The Morgan fingerprint density at radius 3 is 2.16 bits per heavy atom. The third-order valence-electron chi connectivity index (χ3n) is 7.08. The summed E-state index contributed by atoms with van der Waals surface area (Å²) < 4.78 is 14.2. The van der Waals surface area contributed by atoms with Crippen LogP contribution >= 0.6 is 0 Å². The first-order valence-corrected chi connectivity index (χ1v) is 12.8. The molecule has 0 N–H and O–H groups in total. The highest BCUT2D eigenvalue weighted by Crippen LogP contribution is 2.34. The van der Waals surface area contributed by atoms with Crippen molar-refractivity contribution < 1.29 is 4.39 Å². The third kappa shape index (κ3) is 7.70. The first kappa shape index (κ1) is 23.9. The van der Waals surface area contributed by atoms with Crippen molar-refractivity contribution in [1.82, 2.24) is 10.2 Å². The number of hydrogen-bond acceptors (Lipinski definition) is 2. The SMILES string of the molecule is CCCCCCCC1CCC(CCc2ccc(-c3ccc(CCC)c(F)c3)nn2)CC1. The van der Waals surface area contributed by atoms with Gasteiger partial charge in [0.25, 0.3) is 0 Å². The van der Waals surface area contributed by atoms with Crippen LogP contribution in [0, 0.1) is 17.7 Å². The highest BCUT2D eigenvalue weighted by Gasteiger charge is 2.20. The van der Waals surface area contributed by atoms with Gasteiger partial charge in [-0.25, -0.2) is 4.39 Å². The molecule has 0 bridgehead atoms. The van der Waals surface area contributed by atoms with Crippen molar-refractivity contribution in [1.29, 1.82) is 0 Å². The van der Waals surface area contributed by atoms with E-state index in [0.717, 1.165) is 53.6 Å². The number of nitrogens with zero attached hydrogens (tertiary/aromatic N) is 2. The van der Waals surface area contributed by atoms with Gasteiger partial charge in [0.2, 0.25) is 0 Å². The molecule has 1 fully saturated rings. The van der Waals surface area contributed by atoms with Crippen LogP contribution in [0.25, 0.3) is 11.3 Å². The van der Waals surface area contributed by atoms with Crippen LogP contribution in [0.3, 0.4) is 0 Å². The van der Waals surface area contributed by atoms with Gasteiger partial charge in [0.15, 0.2) is 0 Å². The lowest BCUT2D eigenvalue weighted by Gasteiger charge is -2.28. The highest BCUT2D eigenvalue weighted by atomic mass is 19.1. The Labute approximate surface area is 189 Å². The van der Waals surface area contributed by atoms with Crippen molar-refractivity contribution in [2.45, 2.75) is 104 Å². The predicted molar refractivity (Wildman–Crippen MR) is 129 cm³/mol. The number of hydrogen-bond donors (Lipinski definition) is 0. The van der Waals surface area contributed by atoms with Crippen LogP contribution < -0.4 is 0 Å². The van der Waals surface area contributed by atoms with Gasteiger partial charge < -0.3 is 0 Å². The van der Waals surface area contributed by atoms with E-state index < -0.39 is 0 Å². The van der Waals surface area contributed by atoms with E-state index in [1.807, 2.05) is 18.2 Å². The van der Waals surface area contributed by atoms with Crippen LogP contribution in [0.2, 0.25) is 0 Å². The van der Waals surface area contributed by atoms with E-state index in [9.17, 15) is 4.39 Å². The fourth-order valence-corrected chi connectivity index (χ4v) is 5.02. The lowest BCUT2D eigenvalue weighted by Crippen LogP contribution is -2.15. The average Bonchev–Trinajstić information content (AvgIpc) is 2.80. The molecular weight excluding hydrogens is 383 g/mol. The molecule has 2 aromatic rings. The minimum atomic E-state index is -0.137. The van der Waals surface area contributed by atoms with E-state index in [1.54, 1.807) is 6.07 Å². The molecule has 3 heteroatoms. The van der Waals surface area contributed by atoms with E-state index in [-0.39, 0.29) is 5.82 Å². The van der Waals surface area contributed by atoms with Gasteiger partial charge in [-0.15, -0.1) is 0 Å². The van der Waals surface area contributed by atoms with Crippen LogP contribution in [0.5, 0.6) is 0 Å². The smallest absolute Gasteiger partial charge is 0.127 e. The third-order valence-corrected chi connectivity index (χ3v) is 7.08. The number of aromatic nitrogens is 2. The van der Waals surface area contributed by atoms with Crippen LogP contribution in [-0.4, -0.2) is 10.2 Å². The van der Waals surface area contributed by atoms with Gasteiger partial charge in [-0.05, 0) is 54.9 Å². The van der Waals surface area contributed by atoms with Gasteiger partial charge in [0.05, 0.1) is 11.4 Å². The lowest BCUT2D eigenvalue weighted by molar-refractivity contribution is 0.248. The molecular formula is C28H41FN2. The zero-order chi connectivity index (χ0) is 21.9. The molecule has 1 aromatic heterocycles. The number of aryl methyl sites for hydroxylation is 2. The Kier molecular flexibility index (Phi) is 9.96. The second-order valence-electron chi connectivity index (χ2n) is 9.59. The summed E-state index contributed by atoms with van der Waals surface area (Å²) in [7, 11) is 0. The van der Waals surface area contributed by atoms with Gasteiger partial charge in [0, 0.05) is 5.56 Å². The van der Waals surface area contributed by atoms with Gasteiger partial charge >= 0.3 is 0 Å². The van der Waals surface area contributed by atoms with E-state index in [4.69, 9.17) is 0 Å². The molecule has 0 unspecified atom stereocenters. The lowest BCUT2D eigenvalue weighted by atomic mass is 9.78. The number of benzene rings is 1. The van der Waals surface area contributed by atoms with Gasteiger partial charge in [-0.3, -0.25) is 0 Å². The quantitative estimate of drug-likeness (QED) is 0.320. The van der Waals surface area contributed by atoms with Crippen LogP contribution in [0.15, 0.2) is 30.3 Å². The van der Waals surface area contributed by atoms with Crippen LogP contribution in [-0.2, 0) is 12.8 Å². The van der Waals surface area contributed by atoms with Crippen molar-refractivity contribution in [2.75, 3.05) is 0 Å². The normalized spacial score (nSPS) is 18.9. The molecule has 1 aliphatic carbocycles. The Balaban J connectivity index is 1.40. The summed E-state index contributed by atoms with van der Waals surface area (Å²) >= 11 is 0. The van der Waals surface area contributed by atoms with Crippen molar-refractivity contribution in [3.05, 3.63) is 47.4 Å². The minimum Gasteiger partial charge on any atom is -0.207 e. The molecule has 0 saturated heterocycles. The molecule has 3 rings (SSSR count). The second kappa shape index (κ2) is 12.9. The Morgan fingerprint density at radius 2 is 1.52 bits per heavy atom. The van der Waals surface area contributed by atoms with Crippen molar-refractivity contribution in [2.24, 2.45) is 11.8 Å². The zero-order valence-electron chi connectivity index (χ0n) is 19.7. The van der Waals surface area contributed by atoms with E-state index in [2.05, 4.69) is 30.1 Å². The standard InChI is InChI=1S/C28H41FN2/c1-3-5-6-7-8-10-22-11-13-23(14-12-22)15-18-26-19-20-28(31-30-26)25-17-16-24(9-4-2)27(29)21-25/h16-17,19-23H,3-15,18H2,1-2H3. The summed E-state index contributed by atoms with van der Waals surface area (Å²) in [6.45, 7) is 4.35. The van der Waals surface area contributed by atoms with Crippen LogP contribution in [0.4, 0.5) is 4.39 Å². The molecule has 170 valence electrons. The van der Waals surface area contributed by atoms with Gasteiger partial charge in [-0.2, -0.15) is 10.2 Å². The molecule has 0 aliphatic heterocycles. The minimum absolute atomic E-state index is 0.137. The highest BCUT2D eigenvalue weighted by molar-refractivity contribution is 5.59. The Morgan fingerprint density at radius 1 is 0.774 bits per heavy atom. The maximum atomic E-state index is 14.2. The first-order chi connectivity index (χ1) is 15.2. The summed E-state index contributed by atoms with van der Waals surface area (Å²) in [4.78, 5) is 0. The number of halogens is 1. The summed E-state index contributed by atoms with van der Waals surface area (Å²) in [6.07, 6.45) is 18.0. The molecule has 0 atom stereocenters. The van der Waals surface area contributed by atoms with Gasteiger partial charge in [-0.1, -0.05) is 96.6 Å². The van der Waals surface area contributed by atoms with Crippen LogP contribution in [0.1, 0.15) is 102 Å². The van der Waals surface area contributed by atoms with E-state index >= 15 is 0 Å². The molecule has 1 saturated carbocycles. The molecule has 0 radical (unpaired) electrons. The summed E-state index contributed by atoms with van der Waals surface area (Å²) in [6, 6.07) is 9.50. The Hall–Kier alpha value is -1.77. The van der Waals surface area contributed by atoms with Gasteiger partial charge in [0.1, 0.15) is 5.82 Å². The first-order valence-electron chi connectivity index (χ1n) is 12.8. The topological polar surface area (TPSA) is 25.8 Å². The maximum absolute atomic E-state index is 14.2. The molecule has 1 aliphatic rings. The number of unbranched alkanes of at least 4 members (excludes halogenated alkanes) is 4. The van der Waals surface area contributed by atoms with Crippen molar-refractivity contribution >= 4 is 0 Å². The summed E-state index contributed by atoms with van der Waals surface area (Å²) in [5.41, 5.74) is 3.40. The van der Waals surface area contributed by atoms with Crippen molar-refractivity contribution in [3.63, 3.8) is 0 Å². The van der Waals surface area contributed by atoms with E-state index in [1.165, 1.54) is 70.6 Å². The monoisotopic (exact) mass is 424 g/mol. The van der Waals surface area contributed by atoms with E-state index in [0.29, 0.717) is 0 Å². The Bertz CT molecular complexity index is 763. The predicted octanol–water partition coefficient (Wildman–Crippen LogP) is 8.33. The number of rotatable bonds is 12. The molecule has 1 aromatic carbocycles. The largest absolute Gasteiger partial charge is 0.207 e. The molecule has 31 heavy (non-hydrogen) atoms. The fraction of sp³-hybridized carbons (Fsp3) is 0.643. The zero-order valence-corrected chi connectivity index (χ0v) is 19.7. The maximum Gasteiger partial charge on any atom is 0.127 e. The molecule has 2 nitrogen and oxygen atoms in total. The molecule has 0 spiro atoms. The second-order valence-corrected chi connectivity index (χ2v) is 9.59. The van der Waals surface area contributed by atoms with Crippen molar-refractivity contribution in [3.8, 4) is 11.3 Å². The fourth-order valence-electron chi connectivity index (χ4n) is 5.02. The molecule has 0 amide bonds.